The highest BCUT2D eigenvalue weighted by Gasteiger charge is 2.34. The minimum absolute atomic E-state index is 0.301. The van der Waals surface area contributed by atoms with Gasteiger partial charge in [-0.3, -0.25) is 0 Å². The van der Waals surface area contributed by atoms with Gasteiger partial charge in [0.1, 0.15) is 5.75 Å². The van der Waals surface area contributed by atoms with Gasteiger partial charge in [-0.2, -0.15) is 0 Å². The molecule has 1 saturated carbocycles. The van der Waals surface area contributed by atoms with Crippen molar-refractivity contribution in [2.75, 3.05) is 14.2 Å². The number of carbonyl (C=O) groups excluding carboxylic acids is 1. The highest BCUT2D eigenvalue weighted by atomic mass is 35.5. The Bertz CT molecular complexity index is 726. The number of benzene rings is 2. The maximum atomic E-state index is 11.7. The molecule has 1 fully saturated rings. The van der Waals surface area contributed by atoms with Crippen LogP contribution in [0, 0.1) is 0 Å². The second-order valence-electron chi connectivity index (χ2n) is 5.79. The first-order valence-corrected chi connectivity index (χ1v) is 8.03. The lowest BCUT2D eigenvalue weighted by molar-refractivity contribution is 0.0600. The van der Waals surface area contributed by atoms with Crippen molar-refractivity contribution in [2.24, 2.45) is 0 Å². The van der Waals surface area contributed by atoms with Crippen LogP contribution >= 0.6 is 11.6 Å². The zero-order valence-corrected chi connectivity index (χ0v) is 14.0. The van der Waals surface area contributed by atoms with Crippen molar-refractivity contribution < 1.29 is 14.3 Å². The predicted molar refractivity (Wildman–Crippen MR) is 90.5 cm³/mol. The predicted octanol–water partition coefficient (Wildman–Crippen LogP) is 4.80. The molecule has 0 aromatic heterocycles. The molecular formula is C19H19ClO3. The van der Waals surface area contributed by atoms with Crippen molar-refractivity contribution in [3.8, 4) is 5.75 Å². The number of ether oxygens (including phenoxy) is 2. The van der Waals surface area contributed by atoms with Gasteiger partial charge in [0.25, 0.3) is 0 Å². The topological polar surface area (TPSA) is 35.5 Å². The van der Waals surface area contributed by atoms with Gasteiger partial charge in [0.2, 0.25) is 0 Å². The number of methoxy groups -OCH3 is 2. The van der Waals surface area contributed by atoms with E-state index in [2.05, 4.69) is 6.07 Å². The molecule has 23 heavy (non-hydrogen) atoms. The third-order valence-electron chi connectivity index (χ3n) is 4.62. The highest BCUT2D eigenvalue weighted by Crippen LogP contribution is 2.51. The summed E-state index contributed by atoms with van der Waals surface area (Å²) in [5, 5.41) is 0.739. The molecule has 0 bridgehead atoms. The first-order chi connectivity index (χ1) is 11.1. The third-order valence-corrected chi connectivity index (χ3v) is 4.94. The maximum absolute atomic E-state index is 11.7. The Labute approximate surface area is 141 Å². The molecule has 0 spiro atoms. The van der Waals surface area contributed by atoms with E-state index in [4.69, 9.17) is 21.1 Å². The van der Waals surface area contributed by atoms with E-state index in [1.807, 2.05) is 30.3 Å². The summed E-state index contributed by atoms with van der Waals surface area (Å²) in [6.45, 7) is 0. The Kier molecular flexibility index (Phi) is 4.58. The van der Waals surface area contributed by atoms with Crippen molar-refractivity contribution in [3.05, 3.63) is 64.2 Å². The second kappa shape index (κ2) is 6.63. The number of hydrogen-bond acceptors (Lipinski definition) is 3. The van der Waals surface area contributed by atoms with Gasteiger partial charge in [-0.25, -0.2) is 4.79 Å². The van der Waals surface area contributed by atoms with Crippen molar-refractivity contribution in [1.29, 1.82) is 0 Å². The summed E-state index contributed by atoms with van der Waals surface area (Å²) in [4.78, 5) is 11.7. The largest absolute Gasteiger partial charge is 0.497 e. The fourth-order valence-corrected chi connectivity index (χ4v) is 3.53. The molecule has 0 aliphatic heterocycles. The van der Waals surface area contributed by atoms with Crippen LogP contribution in [0.4, 0.5) is 0 Å². The molecule has 1 aliphatic carbocycles. The molecule has 0 N–H and O–H groups in total. The zero-order valence-electron chi connectivity index (χ0n) is 13.2. The smallest absolute Gasteiger partial charge is 0.337 e. The summed E-state index contributed by atoms with van der Waals surface area (Å²) < 4.78 is 10.0. The van der Waals surface area contributed by atoms with Crippen LogP contribution in [0.1, 0.15) is 46.2 Å². The standard InChI is InChI=1S/C19H19ClO3/c1-22-14-6-7-17(18(20)11-14)16-9-8-15(16)12-4-3-5-13(10-12)19(21)23-2/h3-7,10-11,15-16H,8-9H2,1-2H3. The lowest BCUT2D eigenvalue weighted by Gasteiger charge is -2.38. The first-order valence-electron chi connectivity index (χ1n) is 7.65. The quantitative estimate of drug-likeness (QED) is 0.756. The van der Waals surface area contributed by atoms with Gasteiger partial charge in [-0.05, 0) is 60.1 Å². The molecule has 2 atom stereocenters. The fourth-order valence-electron chi connectivity index (χ4n) is 3.22. The van der Waals surface area contributed by atoms with Crippen LogP contribution in [-0.2, 0) is 4.74 Å². The Hall–Kier alpha value is -2.00. The SMILES string of the molecule is COC(=O)c1cccc(C2CCC2c2ccc(OC)cc2Cl)c1. The molecule has 3 rings (SSSR count). The van der Waals surface area contributed by atoms with Gasteiger partial charge < -0.3 is 9.47 Å². The number of halogens is 1. The highest BCUT2D eigenvalue weighted by molar-refractivity contribution is 6.31. The first kappa shape index (κ1) is 15.9. The monoisotopic (exact) mass is 330 g/mol. The Morgan fingerprint density at radius 2 is 1.87 bits per heavy atom. The van der Waals surface area contributed by atoms with Gasteiger partial charge in [-0.15, -0.1) is 0 Å². The Morgan fingerprint density at radius 1 is 1.09 bits per heavy atom. The summed E-state index contributed by atoms with van der Waals surface area (Å²) in [7, 11) is 3.04. The lowest BCUT2D eigenvalue weighted by atomic mass is 9.67. The number of esters is 1. The van der Waals surface area contributed by atoms with Crippen LogP contribution in [0.3, 0.4) is 0 Å². The van der Waals surface area contributed by atoms with E-state index in [9.17, 15) is 4.79 Å². The van der Waals surface area contributed by atoms with E-state index in [0.717, 1.165) is 34.7 Å². The molecule has 2 aromatic rings. The van der Waals surface area contributed by atoms with E-state index in [1.54, 1.807) is 13.2 Å². The number of carbonyl (C=O) groups is 1. The molecule has 0 amide bonds. The molecule has 0 heterocycles. The van der Waals surface area contributed by atoms with Crippen molar-refractivity contribution in [1.82, 2.24) is 0 Å². The van der Waals surface area contributed by atoms with Crippen LogP contribution in [-0.4, -0.2) is 20.2 Å². The minimum Gasteiger partial charge on any atom is -0.497 e. The average molecular weight is 331 g/mol. The van der Waals surface area contributed by atoms with Gasteiger partial charge >= 0.3 is 5.97 Å². The van der Waals surface area contributed by atoms with Crippen LogP contribution in [0.2, 0.25) is 5.02 Å². The normalized spacial score (nSPS) is 19.8. The second-order valence-corrected chi connectivity index (χ2v) is 6.20. The molecular weight excluding hydrogens is 312 g/mol. The fraction of sp³-hybridized carbons (Fsp3) is 0.316. The van der Waals surface area contributed by atoms with Crippen LogP contribution < -0.4 is 4.74 Å². The van der Waals surface area contributed by atoms with Crippen LogP contribution in [0.5, 0.6) is 5.75 Å². The van der Waals surface area contributed by atoms with E-state index >= 15 is 0 Å². The molecule has 3 nitrogen and oxygen atoms in total. The molecule has 0 saturated heterocycles. The summed E-state index contributed by atoms with van der Waals surface area (Å²) in [5.41, 5.74) is 2.90. The Balaban J connectivity index is 1.86. The maximum Gasteiger partial charge on any atom is 0.337 e. The third kappa shape index (κ3) is 3.06. The summed E-state index contributed by atoms with van der Waals surface area (Å²) in [6, 6.07) is 13.5. The van der Waals surface area contributed by atoms with Crippen LogP contribution in [0.25, 0.3) is 0 Å². The summed E-state index contributed by atoms with van der Waals surface area (Å²) >= 11 is 6.42. The van der Waals surface area contributed by atoms with Crippen molar-refractivity contribution in [3.63, 3.8) is 0 Å². The Morgan fingerprint density at radius 3 is 2.48 bits per heavy atom. The molecule has 120 valence electrons. The van der Waals surface area contributed by atoms with Gasteiger partial charge in [0.05, 0.1) is 19.8 Å². The van der Waals surface area contributed by atoms with E-state index < -0.39 is 0 Å². The number of hydrogen-bond donors (Lipinski definition) is 0. The molecule has 1 aliphatic rings. The lowest BCUT2D eigenvalue weighted by Crippen LogP contribution is -2.22. The minimum atomic E-state index is -0.301. The molecule has 2 unspecified atom stereocenters. The van der Waals surface area contributed by atoms with E-state index in [-0.39, 0.29) is 5.97 Å². The van der Waals surface area contributed by atoms with Crippen molar-refractivity contribution >= 4 is 17.6 Å². The number of rotatable bonds is 4. The molecule has 2 aromatic carbocycles. The summed E-state index contributed by atoms with van der Waals surface area (Å²) in [6.07, 6.45) is 2.19. The van der Waals surface area contributed by atoms with E-state index in [1.165, 1.54) is 7.11 Å². The van der Waals surface area contributed by atoms with Crippen LogP contribution in [0.15, 0.2) is 42.5 Å². The van der Waals surface area contributed by atoms with Gasteiger partial charge in [0.15, 0.2) is 0 Å². The zero-order chi connectivity index (χ0) is 16.4. The molecule has 0 radical (unpaired) electrons. The summed E-state index contributed by atoms with van der Waals surface area (Å²) in [5.74, 6) is 1.22. The van der Waals surface area contributed by atoms with Gasteiger partial charge in [-0.1, -0.05) is 29.8 Å². The van der Waals surface area contributed by atoms with Gasteiger partial charge in [0, 0.05) is 5.02 Å². The molecule has 4 heteroatoms. The van der Waals surface area contributed by atoms with E-state index in [0.29, 0.717) is 17.4 Å². The van der Waals surface area contributed by atoms with Crippen molar-refractivity contribution in [2.45, 2.75) is 24.7 Å². The average Bonchev–Trinajstić information content (AvgIpc) is 2.55.